The number of piperidine rings is 1. The maximum atomic E-state index is 12.7. The summed E-state index contributed by atoms with van der Waals surface area (Å²) in [7, 11) is 0.220. The summed E-state index contributed by atoms with van der Waals surface area (Å²) in [6.07, 6.45) is 3.02. The molecule has 0 unspecified atom stereocenters. The molecule has 2 amide bonds. The Morgan fingerprint density at radius 2 is 1.89 bits per heavy atom. The molecule has 1 saturated heterocycles. The highest BCUT2D eigenvalue weighted by molar-refractivity contribution is 14.2. The van der Waals surface area contributed by atoms with Crippen molar-refractivity contribution in [3.05, 3.63) is 59.7 Å². The fraction of sp³-hybridized carbons (Fsp3) is 0.304. The van der Waals surface area contributed by atoms with Crippen molar-refractivity contribution in [1.29, 1.82) is 5.41 Å². The zero-order chi connectivity index (χ0) is 26.1. The first kappa shape index (κ1) is 27.5. The summed E-state index contributed by atoms with van der Waals surface area (Å²) in [6.45, 7) is 3.30. The van der Waals surface area contributed by atoms with Crippen LogP contribution in [0.25, 0.3) is 10.9 Å². The van der Waals surface area contributed by atoms with Gasteiger partial charge in [0.25, 0.3) is 5.91 Å². The normalized spacial score (nSPS) is 13.5. The monoisotopic (exact) mass is 624 g/mol. The van der Waals surface area contributed by atoms with E-state index in [1.54, 1.807) is 19.1 Å². The molecule has 0 saturated carbocycles. The highest BCUT2D eigenvalue weighted by Gasteiger charge is 2.21. The molecule has 0 aliphatic carbocycles. The number of nitrogens with zero attached hydrogens (tertiary/aromatic N) is 4. The Hall–Kier alpha value is -3.07. The van der Waals surface area contributed by atoms with E-state index in [9.17, 15) is 13.5 Å². The van der Waals surface area contributed by atoms with E-state index in [0.29, 0.717) is 36.7 Å². The Morgan fingerprint density at radius 3 is 2.56 bits per heavy atom. The molecule has 0 spiro atoms. The molecular weight excluding hydrogens is 598 g/mol. The van der Waals surface area contributed by atoms with Gasteiger partial charge in [-0.3, -0.25) is 15.0 Å². The minimum atomic E-state index is -0.308. The first-order chi connectivity index (χ1) is 17.3. The molecule has 13 heteroatoms. The molecule has 3 aromatic rings. The molecule has 1 aliphatic rings. The number of likely N-dealkylation sites (tertiary alicyclic amines) is 1. The SMILES string of the molecule is CC(=O)N1CCC(Nc2cc(C(=O)NCc3ccc4ccc(C(=N)N)nc4c3)ncn2)CC1.FSI. The highest BCUT2D eigenvalue weighted by atomic mass is 127. The van der Waals surface area contributed by atoms with Gasteiger partial charge in [-0.1, -0.05) is 18.2 Å². The Morgan fingerprint density at radius 1 is 1.19 bits per heavy atom. The van der Waals surface area contributed by atoms with Crippen molar-refractivity contribution in [1.82, 2.24) is 25.2 Å². The van der Waals surface area contributed by atoms with Crippen LogP contribution in [-0.4, -0.2) is 56.6 Å². The number of hydrogen-bond donors (Lipinski definition) is 4. The first-order valence-electron chi connectivity index (χ1n) is 11.1. The summed E-state index contributed by atoms with van der Waals surface area (Å²) in [6, 6.07) is 11.1. The van der Waals surface area contributed by atoms with Crippen molar-refractivity contribution in [2.75, 3.05) is 18.4 Å². The van der Waals surface area contributed by atoms with Crippen LogP contribution >= 0.6 is 30.5 Å². The standard InChI is InChI=1S/C23H26N8O2.FIS/c1-14(32)31-8-6-17(7-9-31)29-21-11-20(27-13-28-21)23(33)26-12-15-2-3-16-4-5-18(22(24)25)30-19(16)10-15;1-3-2/h2-5,10-11,13,17H,6-9,12H2,1H3,(H3,24,25)(H,26,33)(H,27,28,29);. The van der Waals surface area contributed by atoms with E-state index >= 15 is 0 Å². The topological polar surface area (TPSA) is 150 Å². The van der Waals surface area contributed by atoms with Crippen LogP contribution in [0.5, 0.6) is 0 Å². The molecule has 1 aliphatic heterocycles. The van der Waals surface area contributed by atoms with Gasteiger partial charge in [0.2, 0.25) is 5.91 Å². The predicted molar refractivity (Wildman–Crippen MR) is 148 cm³/mol. The number of amidine groups is 1. The molecular formula is C23H26FIN8O2S. The lowest BCUT2D eigenvalue weighted by Gasteiger charge is -2.31. The van der Waals surface area contributed by atoms with Crippen molar-refractivity contribution >= 4 is 64.9 Å². The molecule has 190 valence electrons. The number of carbonyl (C=O) groups is 2. The lowest BCUT2D eigenvalue weighted by atomic mass is 10.1. The average Bonchev–Trinajstić information content (AvgIpc) is 2.87. The van der Waals surface area contributed by atoms with Crippen molar-refractivity contribution in [2.45, 2.75) is 32.4 Å². The summed E-state index contributed by atoms with van der Waals surface area (Å²) in [4.78, 5) is 38.7. The number of amides is 2. The zero-order valence-corrected chi connectivity index (χ0v) is 22.5. The average molecular weight is 624 g/mol. The summed E-state index contributed by atoms with van der Waals surface area (Å²) in [5, 5.41) is 14.7. The lowest BCUT2D eigenvalue weighted by molar-refractivity contribution is -0.129. The second-order valence-electron chi connectivity index (χ2n) is 8.09. The molecule has 5 N–H and O–H groups in total. The molecule has 4 rings (SSSR count). The number of rotatable bonds is 6. The Kier molecular flexibility index (Phi) is 10.2. The van der Waals surface area contributed by atoms with E-state index < -0.39 is 0 Å². The summed E-state index contributed by atoms with van der Waals surface area (Å²) in [5.41, 5.74) is 7.79. The predicted octanol–water partition coefficient (Wildman–Crippen LogP) is 3.62. The van der Waals surface area contributed by atoms with Gasteiger partial charge in [-0.2, -0.15) is 3.89 Å². The van der Waals surface area contributed by atoms with Crippen molar-refractivity contribution in [2.24, 2.45) is 5.73 Å². The van der Waals surface area contributed by atoms with Gasteiger partial charge in [-0.05, 0) is 30.5 Å². The maximum absolute atomic E-state index is 12.7. The number of aromatic nitrogens is 3. The number of pyridine rings is 1. The van der Waals surface area contributed by atoms with E-state index in [1.807, 2.05) is 29.2 Å². The maximum Gasteiger partial charge on any atom is 0.270 e. The molecule has 10 nitrogen and oxygen atoms in total. The van der Waals surface area contributed by atoms with Crippen molar-refractivity contribution < 1.29 is 13.5 Å². The van der Waals surface area contributed by atoms with Gasteiger partial charge in [-0.15, -0.1) is 0 Å². The second-order valence-corrected chi connectivity index (χ2v) is 9.21. The van der Waals surface area contributed by atoms with E-state index in [0.717, 1.165) is 23.8 Å². The quantitative estimate of drug-likeness (QED) is 0.185. The van der Waals surface area contributed by atoms with Crippen LogP contribution in [0.3, 0.4) is 0 Å². The number of halogens is 2. The first-order valence-corrected chi connectivity index (χ1v) is 14.3. The number of carbonyl (C=O) groups excluding carboxylic acids is 2. The third kappa shape index (κ3) is 7.71. The van der Waals surface area contributed by atoms with Gasteiger partial charge in [0.15, 0.2) is 0 Å². The molecule has 2 aromatic heterocycles. The van der Waals surface area contributed by atoms with Crippen molar-refractivity contribution in [3.8, 4) is 0 Å². The largest absolute Gasteiger partial charge is 0.382 e. The van der Waals surface area contributed by atoms with Gasteiger partial charge in [-0.25, -0.2) is 15.0 Å². The molecule has 0 bridgehead atoms. The fourth-order valence-corrected chi connectivity index (χ4v) is 3.80. The Labute approximate surface area is 224 Å². The summed E-state index contributed by atoms with van der Waals surface area (Å²) >= 11 is 1.54. The third-order valence-electron chi connectivity index (χ3n) is 5.68. The Balaban J connectivity index is 0.00000115. The van der Waals surface area contributed by atoms with E-state index in [2.05, 4.69) is 25.6 Å². The zero-order valence-electron chi connectivity index (χ0n) is 19.5. The molecule has 0 radical (unpaired) electrons. The number of fused-ring (bicyclic) bond motifs is 1. The number of nitrogens with two attached hydrogens (primary N) is 1. The smallest absolute Gasteiger partial charge is 0.270 e. The number of nitrogens with one attached hydrogen (secondary N) is 3. The minimum absolute atomic E-state index is 0.0896. The summed E-state index contributed by atoms with van der Waals surface area (Å²) < 4.78 is 10.2. The molecule has 3 heterocycles. The lowest BCUT2D eigenvalue weighted by Crippen LogP contribution is -2.41. The fourth-order valence-electron chi connectivity index (χ4n) is 3.80. The summed E-state index contributed by atoms with van der Waals surface area (Å²) in [5.74, 6) is 0.282. The van der Waals surface area contributed by atoms with Gasteiger partial charge < -0.3 is 21.3 Å². The molecule has 1 fully saturated rings. The van der Waals surface area contributed by atoms with Gasteiger partial charge >= 0.3 is 0 Å². The number of nitrogen functional groups attached to an aromatic ring is 1. The third-order valence-corrected chi connectivity index (χ3v) is 5.68. The number of anilines is 1. The van der Waals surface area contributed by atoms with Crippen LogP contribution in [0.1, 0.15) is 41.5 Å². The van der Waals surface area contributed by atoms with Crippen LogP contribution < -0.4 is 16.4 Å². The number of benzene rings is 1. The van der Waals surface area contributed by atoms with Crippen LogP contribution in [0.4, 0.5) is 9.70 Å². The second kappa shape index (κ2) is 13.3. The van der Waals surface area contributed by atoms with Gasteiger partial charge in [0.1, 0.15) is 38.7 Å². The van der Waals surface area contributed by atoms with Crippen LogP contribution in [0, 0.1) is 5.41 Å². The molecule has 1 aromatic carbocycles. The van der Waals surface area contributed by atoms with E-state index in [4.69, 9.17) is 11.1 Å². The Bertz CT molecular complexity index is 1240. The van der Waals surface area contributed by atoms with Gasteiger partial charge in [0, 0.05) is 65.3 Å². The molecule has 0 atom stereocenters. The molecule has 36 heavy (non-hydrogen) atoms. The van der Waals surface area contributed by atoms with E-state index in [-0.39, 0.29) is 38.7 Å². The van der Waals surface area contributed by atoms with E-state index in [1.165, 1.54) is 27.5 Å². The highest BCUT2D eigenvalue weighted by Crippen LogP contribution is 2.17. The van der Waals surface area contributed by atoms with Crippen molar-refractivity contribution in [3.63, 3.8) is 0 Å². The van der Waals surface area contributed by atoms with Crippen LogP contribution in [-0.2, 0) is 11.3 Å². The van der Waals surface area contributed by atoms with Gasteiger partial charge in [0.05, 0.1) is 5.52 Å². The van der Waals surface area contributed by atoms with Crippen LogP contribution in [0.15, 0.2) is 42.7 Å². The number of hydrogen-bond acceptors (Lipinski definition) is 8. The minimum Gasteiger partial charge on any atom is -0.382 e. The van der Waals surface area contributed by atoms with Crippen LogP contribution in [0.2, 0.25) is 0 Å².